The van der Waals surface area contributed by atoms with Crippen molar-refractivity contribution in [2.24, 2.45) is 0 Å². The van der Waals surface area contributed by atoms with Gasteiger partial charge >= 0.3 is 0 Å². The Morgan fingerprint density at radius 1 is 1.53 bits per heavy atom. The molecule has 1 N–H and O–H groups in total. The zero-order valence-corrected chi connectivity index (χ0v) is 11.9. The normalized spacial score (nSPS) is 20.4. The molecule has 1 fully saturated rings. The summed E-state index contributed by atoms with van der Waals surface area (Å²) >= 11 is 0. The molecule has 0 bridgehead atoms. The summed E-state index contributed by atoms with van der Waals surface area (Å²) in [7, 11) is 2.09. The lowest BCUT2D eigenvalue weighted by molar-refractivity contribution is 0.0567. The lowest BCUT2D eigenvalue weighted by atomic mass is 10.2. The van der Waals surface area contributed by atoms with Gasteiger partial charge < -0.3 is 15.1 Å². The molecule has 1 amide bonds. The van der Waals surface area contributed by atoms with E-state index in [1.54, 1.807) is 6.20 Å². The molecular weight excluding hydrogens is 240 g/mol. The number of nitrogens with one attached hydrogen (secondary N) is 1. The number of hydrogen-bond donors (Lipinski definition) is 1. The lowest BCUT2D eigenvalue weighted by Crippen LogP contribution is -2.52. The molecule has 1 aromatic heterocycles. The number of nitrogens with zero attached hydrogens (tertiary/aromatic N) is 3. The molecule has 19 heavy (non-hydrogen) atoms. The number of anilines is 1. The van der Waals surface area contributed by atoms with Gasteiger partial charge in [0.1, 0.15) is 5.69 Å². The number of carbonyl (C=O) groups excluding carboxylic acids is 1. The van der Waals surface area contributed by atoms with Gasteiger partial charge in [-0.1, -0.05) is 0 Å². The van der Waals surface area contributed by atoms with Gasteiger partial charge in [-0.15, -0.1) is 0 Å². The molecule has 5 nitrogen and oxygen atoms in total. The summed E-state index contributed by atoms with van der Waals surface area (Å²) in [5.74, 6) is 0.0275. The van der Waals surface area contributed by atoms with E-state index in [1.807, 2.05) is 24.0 Å². The van der Waals surface area contributed by atoms with E-state index in [0.29, 0.717) is 11.7 Å². The third-order valence-corrected chi connectivity index (χ3v) is 3.61. The SMILES string of the molecule is CCNc1ccnc(C(=O)N2CCN(C)C(C)C2)c1. The minimum absolute atomic E-state index is 0.0275. The van der Waals surface area contributed by atoms with E-state index in [0.717, 1.165) is 31.9 Å². The van der Waals surface area contributed by atoms with Gasteiger partial charge in [0.2, 0.25) is 0 Å². The van der Waals surface area contributed by atoms with Gasteiger partial charge in [-0.3, -0.25) is 9.78 Å². The van der Waals surface area contributed by atoms with Gasteiger partial charge in [-0.2, -0.15) is 0 Å². The van der Waals surface area contributed by atoms with Crippen molar-refractivity contribution in [3.8, 4) is 0 Å². The Balaban J connectivity index is 2.09. The number of aromatic nitrogens is 1. The molecule has 1 atom stereocenters. The molecule has 2 heterocycles. The first-order chi connectivity index (χ1) is 9.11. The van der Waals surface area contributed by atoms with E-state index < -0.39 is 0 Å². The molecule has 1 aliphatic heterocycles. The van der Waals surface area contributed by atoms with E-state index in [-0.39, 0.29) is 5.91 Å². The van der Waals surface area contributed by atoms with Gasteiger partial charge in [-0.05, 0) is 33.0 Å². The highest BCUT2D eigenvalue weighted by Crippen LogP contribution is 2.13. The van der Waals surface area contributed by atoms with Gasteiger partial charge in [0.25, 0.3) is 5.91 Å². The van der Waals surface area contributed by atoms with Crippen molar-refractivity contribution < 1.29 is 4.79 Å². The first-order valence-corrected chi connectivity index (χ1v) is 6.81. The zero-order chi connectivity index (χ0) is 13.8. The van der Waals surface area contributed by atoms with Gasteiger partial charge in [-0.25, -0.2) is 0 Å². The highest BCUT2D eigenvalue weighted by Gasteiger charge is 2.25. The minimum atomic E-state index is 0.0275. The van der Waals surface area contributed by atoms with Crippen LogP contribution in [0.1, 0.15) is 24.3 Å². The molecule has 0 radical (unpaired) electrons. The average Bonchev–Trinajstić information content (AvgIpc) is 2.42. The maximum atomic E-state index is 12.4. The lowest BCUT2D eigenvalue weighted by Gasteiger charge is -2.37. The Hall–Kier alpha value is -1.62. The van der Waals surface area contributed by atoms with E-state index in [2.05, 4.69) is 29.2 Å². The van der Waals surface area contributed by atoms with Gasteiger partial charge in [0.15, 0.2) is 0 Å². The predicted octanol–water partition coefficient (Wildman–Crippen LogP) is 1.29. The Labute approximate surface area is 114 Å². The molecule has 5 heteroatoms. The largest absolute Gasteiger partial charge is 0.385 e. The maximum absolute atomic E-state index is 12.4. The van der Waals surface area contributed by atoms with E-state index >= 15 is 0 Å². The second kappa shape index (κ2) is 6.02. The van der Waals surface area contributed by atoms with Crippen LogP contribution in [0.15, 0.2) is 18.3 Å². The fraction of sp³-hybridized carbons (Fsp3) is 0.571. The summed E-state index contributed by atoms with van der Waals surface area (Å²) in [6, 6.07) is 4.11. The number of carbonyl (C=O) groups is 1. The topological polar surface area (TPSA) is 48.5 Å². The van der Waals surface area contributed by atoms with Crippen LogP contribution in [0.5, 0.6) is 0 Å². The monoisotopic (exact) mass is 262 g/mol. The van der Waals surface area contributed by atoms with Crippen LogP contribution < -0.4 is 5.32 Å². The van der Waals surface area contributed by atoms with E-state index in [1.165, 1.54) is 0 Å². The number of amides is 1. The van der Waals surface area contributed by atoms with Crippen LogP contribution in [0, 0.1) is 0 Å². The van der Waals surface area contributed by atoms with Crippen LogP contribution in [0.4, 0.5) is 5.69 Å². The fourth-order valence-electron chi connectivity index (χ4n) is 2.26. The summed E-state index contributed by atoms with van der Waals surface area (Å²) in [6.45, 7) is 7.46. The van der Waals surface area contributed by atoms with Crippen molar-refractivity contribution >= 4 is 11.6 Å². The van der Waals surface area contributed by atoms with Crippen LogP contribution in [0.3, 0.4) is 0 Å². The molecule has 1 aliphatic rings. The molecule has 0 aliphatic carbocycles. The Morgan fingerprint density at radius 3 is 3.00 bits per heavy atom. The molecule has 1 saturated heterocycles. The van der Waals surface area contributed by atoms with Crippen LogP contribution in [-0.2, 0) is 0 Å². The van der Waals surface area contributed by atoms with Crippen molar-refractivity contribution in [3.63, 3.8) is 0 Å². The highest BCUT2D eigenvalue weighted by atomic mass is 16.2. The zero-order valence-electron chi connectivity index (χ0n) is 11.9. The Morgan fingerprint density at radius 2 is 2.32 bits per heavy atom. The smallest absolute Gasteiger partial charge is 0.272 e. The number of rotatable bonds is 3. The van der Waals surface area contributed by atoms with Gasteiger partial charge in [0, 0.05) is 44.1 Å². The van der Waals surface area contributed by atoms with Gasteiger partial charge in [0.05, 0.1) is 0 Å². The Kier molecular flexibility index (Phi) is 4.37. The summed E-state index contributed by atoms with van der Waals surface area (Å²) in [4.78, 5) is 20.8. The van der Waals surface area contributed by atoms with Crippen LogP contribution in [0.25, 0.3) is 0 Å². The molecule has 1 unspecified atom stereocenters. The summed E-state index contributed by atoms with van der Waals surface area (Å²) < 4.78 is 0. The van der Waals surface area contributed by atoms with E-state index in [4.69, 9.17) is 0 Å². The number of likely N-dealkylation sites (N-methyl/N-ethyl adjacent to an activating group) is 1. The predicted molar refractivity (Wildman–Crippen MR) is 76.4 cm³/mol. The van der Waals surface area contributed by atoms with Crippen molar-refractivity contribution in [1.29, 1.82) is 0 Å². The molecule has 0 aromatic carbocycles. The quantitative estimate of drug-likeness (QED) is 0.891. The van der Waals surface area contributed by atoms with Crippen LogP contribution in [0.2, 0.25) is 0 Å². The first kappa shape index (κ1) is 13.8. The molecule has 1 aromatic rings. The number of hydrogen-bond acceptors (Lipinski definition) is 4. The third-order valence-electron chi connectivity index (χ3n) is 3.61. The first-order valence-electron chi connectivity index (χ1n) is 6.81. The number of pyridine rings is 1. The van der Waals surface area contributed by atoms with Crippen molar-refractivity contribution in [2.45, 2.75) is 19.9 Å². The minimum Gasteiger partial charge on any atom is -0.385 e. The average molecular weight is 262 g/mol. The maximum Gasteiger partial charge on any atom is 0.272 e. The summed E-state index contributed by atoms with van der Waals surface area (Å²) in [5, 5.41) is 3.20. The standard InChI is InChI=1S/C14H22N4O/c1-4-15-12-5-6-16-13(9-12)14(19)18-8-7-17(3)11(2)10-18/h5-6,9,11H,4,7-8,10H2,1-3H3,(H,15,16). The van der Waals surface area contributed by atoms with Crippen molar-refractivity contribution in [1.82, 2.24) is 14.8 Å². The highest BCUT2D eigenvalue weighted by molar-refractivity contribution is 5.93. The second-order valence-electron chi connectivity index (χ2n) is 5.04. The fourth-order valence-corrected chi connectivity index (χ4v) is 2.26. The van der Waals surface area contributed by atoms with Crippen molar-refractivity contribution in [2.75, 3.05) is 38.5 Å². The van der Waals surface area contributed by atoms with Crippen LogP contribution in [-0.4, -0.2) is 60.0 Å². The molecule has 104 valence electrons. The molecule has 0 spiro atoms. The van der Waals surface area contributed by atoms with E-state index in [9.17, 15) is 4.79 Å². The second-order valence-corrected chi connectivity index (χ2v) is 5.04. The molecular formula is C14H22N4O. The third kappa shape index (κ3) is 3.23. The summed E-state index contributed by atoms with van der Waals surface area (Å²) in [5.41, 5.74) is 1.47. The number of piperazine rings is 1. The molecule has 0 saturated carbocycles. The Bertz CT molecular complexity index is 449. The van der Waals surface area contributed by atoms with Crippen molar-refractivity contribution in [3.05, 3.63) is 24.0 Å². The summed E-state index contributed by atoms with van der Waals surface area (Å²) in [6.07, 6.45) is 1.69. The van der Waals surface area contributed by atoms with Crippen LogP contribution >= 0.6 is 0 Å². The molecule has 2 rings (SSSR count).